The Morgan fingerprint density at radius 3 is 1.82 bits per heavy atom. The predicted octanol–water partition coefficient (Wildman–Crippen LogP) is 6.44. The van der Waals surface area contributed by atoms with Crippen molar-refractivity contribution in [3.8, 4) is 0 Å². The number of ether oxygens (including phenoxy) is 1. The van der Waals surface area contributed by atoms with E-state index >= 15 is 0 Å². The zero-order chi connectivity index (χ0) is 21.9. The lowest BCUT2D eigenvalue weighted by atomic mass is 9.76. The van der Waals surface area contributed by atoms with E-state index in [1.165, 1.54) is 11.1 Å². The zero-order valence-corrected chi connectivity index (χ0v) is 19.6. The Morgan fingerprint density at radius 1 is 0.893 bits per heavy atom. The Kier molecular flexibility index (Phi) is 7.67. The highest BCUT2D eigenvalue weighted by atomic mass is 16.6. The molecule has 0 aliphatic rings. The number of esters is 1. The molecule has 0 fully saturated rings. The molecule has 1 aromatic rings. The van der Waals surface area contributed by atoms with Crippen LogP contribution in [-0.4, -0.2) is 17.4 Å². The zero-order valence-electron chi connectivity index (χ0n) is 19.6. The minimum absolute atomic E-state index is 0.0473. The van der Waals surface area contributed by atoms with Crippen LogP contribution in [0.25, 0.3) is 0 Å². The minimum Gasteiger partial charge on any atom is -0.459 e. The van der Waals surface area contributed by atoms with E-state index in [-0.39, 0.29) is 29.0 Å². The summed E-state index contributed by atoms with van der Waals surface area (Å²) in [5.74, 6) is 0.412. The molecule has 0 saturated carbocycles. The summed E-state index contributed by atoms with van der Waals surface area (Å²) in [5.41, 5.74) is 1.42. The third-order valence-corrected chi connectivity index (χ3v) is 5.55. The molecule has 2 atom stereocenters. The molecule has 0 N–H and O–H groups in total. The number of ketones is 1. The molecule has 3 nitrogen and oxygen atoms in total. The highest BCUT2D eigenvalue weighted by Crippen LogP contribution is 2.34. The molecular weight excluding hydrogens is 348 g/mol. The number of carbonyl (C=O) groups is 2. The largest absolute Gasteiger partial charge is 0.459 e. The molecule has 0 bridgehead atoms. The monoisotopic (exact) mass is 388 g/mol. The molecule has 1 aromatic carbocycles. The lowest BCUT2D eigenvalue weighted by Crippen LogP contribution is -2.35. The quantitative estimate of drug-likeness (QED) is 0.481. The van der Waals surface area contributed by atoms with Crippen molar-refractivity contribution in [2.24, 2.45) is 11.3 Å². The number of rotatable bonds is 8. The summed E-state index contributed by atoms with van der Waals surface area (Å²) in [7, 11) is 0. The van der Waals surface area contributed by atoms with Crippen LogP contribution in [0.15, 0.2) is 24.3 Å². The van der Waals surface area contributed by atoms with Crippen molar-refractivity contribution in [3.63, 3.8) is 0 Å². The fraction of sp³-hybridized carbons (Fsp3) is 0.680. The third kappa shape index (κ3) is 7.07. The molecule has 0 aliphatic carbocycles. The van der Waals surface area contributed by atoms with Gasteiger partial charge in [0.15, 0.2) is 0 Å². The maximum absolute atomic E-state index is 12.2. The van der Waals surface area contributed by atoms with Crippen LogP contribution in [0.1, 0.15) is 99.1 Å². The molecule has 0 radical (unpaired) electrons. The van der Waals surface area contributed by atoms with Crippen LogP contribution in [0.3, 0.4) is 0 Å². The summed E-state index contributed by atoms with van der Waals surface area (Å²) in [6, 6.07) is 8.68. The van der Waals surface area contributed by atoms with Gasteiger partial charge in [-0.2, -0.15) is 0 Å². The summed E-state index contributed by atoms with van der Waals surface area (Å²) in [6.45, 7) is 19.8. The summed E-state index contributed by atoms with van der Waals surface area (Å²) >= 11 is 0. The summed E-state index contributed by atoms with van der Waals surface area (Å²) in [6.07, 6.45) is 1.60. The van der Waals surface area contributed by atoms with Gasteiger partial charge in [-0.1, -0.05) is 52.0 Å². The van der Waals surface area contributed by atoms with Crippen LogP contribution in [0.4, 0.5) is 0 Å². The van der Waals surface area contributed by atoms with Crippen molar-refractivity contribution in [2.75, 3.05) is 0 Å². The number of Topliss-reactive ketones (excluding diaryl/α,β-unsaturated/α-hetero) is 1. The molecule has 0 aliphatic heterocycles. The molecule has 158 valence electrons. The van der Waals surface area contributed by atoms with Gasteiger partial charge < -0.3 is 4.74 Å². The van der Waals surface area contributed by atoms with E-state index in [1.807, 2.05) is 41.5 Å². The van der Waals surface area contributed by atoms with Crippen LogP contribution >= 0.6 is 0 Å². The summed E-state index contributed by atoms with van der Waals surface area (Å²) in [5, 5.41) is 0. The van der Waals surface area contributed by atoms with E-state index in [4.69, 9.17) is 4.74 Å². The van der Waals surface area contributed by atoms with Gasteiger partial charge in [0.05, 0.1) is 5.41 Å². The van der Waals surface area contributed by atoms with Crippen molar-refractivity contribution in [2.45, 2.75) is 99.0 Å². The predicted molar refractivity (Wildman–Crippen MR) is 117 cm³/mol. The first-order valence-corrected chi connectivity index (χ1v) is 10.4. The topological polar surface area (TPSA) is 43.4 Å². The Hall–Kier alpha value is -1.64. The second kappa shape index (κ2) is 8.80. The van der Waals surface area contributed by atoms with E-state index in [1.54, 1.807) is 6.92 Å². The maximum Gasteiger partial charge on any atom is 0.311 e. The normalized spacial score (nSPS) is 15.1. The van der Waals surface area contributed by atoms with Gasteiger partial charge in [0.1, 0.15) is 11.4 Å². The van der Waals surface area contributed by atoms with Crippen LogP contribution in [0.5, 0.6) is 0 Å². The summed E-state index contributed by atoms with van der Waals surface area (Å²) < 4.78 is 5.77. The van der Waals surface area contributed by atoms with Crippen LogP contribution < -0.4 is 0 Å². The third-order valence-electron chi connectivity index (χ3n) is 5.55. The molecule has 28 heavy (non-hydrogen) atoms. The molecule has 2 unspecified atom stereocenters. The molecule has 0 aromatic heterocycles. The fourth-order valence-electron chi connectivity index (χ4n) is 3.59. The molecule has 0 spiro atoms. The molecule has 0 saturated heterocycles. The Balaban J connectivity index is 2.84. The molecule has 1 rings (SSSR count). The van der Waals surface area contributed by atoms with E-state index in [0.29, 0.717) is 0 Å². The van der Waals surface area contributed by atoms with Crippen LogP contribution in [0.2, 0.25) is 0 Å². The molecule has 0 amide bonds. The average Bonchev–Trinajstić information content (AvgIpc) is 2.52. The van der Waals surface area contributed by atoms with Gasteiger partial charge in [-0.05, 0) is 76.8 Å². The molecule has 0 heterocycles. The van der Waals surface area contributed by atoms with Gasteiger partial charge in [-0.3, -0.25) is 9.59 Å². The summed E-state index contributed by atoms with van der Waals surface area (Å²) in [4.78, 5) is 23.9. The Morgan fingerprint density at radius 2 is 1.39 bits per heavy atom. The van der Waals surface area contributed by atoms with Crippen LogP contribution in [0, 0.1) is 11.3 Å². The van der Waals surface area contributed by atoms with Gasteiger partial charge in [-0.25, -0.2) is 0 Å². The number of carbonyl (C=O) groups excluding carboxylic acids is 2. The second-order valence-electron chi connectivity index (χ2n) is 10.7. The number of hydrogen-bond donors (Lipinski definition) is 0. The van der Waals surface area contributed by atoms with Crippen molar-refractivity contribution in [1.29, 1.82) is 0 Å². The van der Waals surface area contributed by atoms with Gasteiger partial charge in [0.25, 0.3) is 0 Å². The first kappa shape index (κ1) is 24.4. The minimum atomic E-state index is -0.515. The van der Waals surface area contributed by atoms with Gasteiger partial charge in [-0.15, -0.1) is 0 Å². The van der Waals surface area contributed by atoms with Crippen molar-refractivity contribution < 1.29 is 14.3 Å². The lowest BCUT2D eigenvalue weighted by Gasteiger charge is -2.32. The van der Waals surface area contributed by atoms with Crippen molar-refractivity contribution >= 4 is 11.8 Å². The highest BCUT2D eigenvalue weighted by Gasteiger charge is 2.32. The Labute approximate surface area is 172 Å². The maximum atomic E-state index is 12.2. The van der Waals surface area contributed by atoms with Gasteiger partial charge in [0, 0.05) is 5.92 Å². The number of benzene rings is 1. The van der Waals surface area contributed by atoms with E-state index in [9.17, 15) is 9.59 Å². The van der Waals surface area contributed by atoms with Crippen LogP contribution in [-0.2, 0) is 19.7 Å². The Bertz CT molecular complexity index is 675. The smallest absolute Gasteiger partial charge is 0.311 e. The van der Waals surface area contributed by atoms with E-state index in [2.05, 4.69) is 45.0 Å². The van der Waals surface area contributed by atoms with E-state index < -0.39 is 11.0 Å². The highest BCUT2D eigenvalue weighted by molar-refractivity contribution is 5.78. The van der Waals surface area contributed by atoms with Crippen molar-refractivity contribution in [1.82, 2.24) is 0 Å². The van der Waals surface area contributed by atoms with Crippen molar-refractivity contribution in [3.05, 3.63) is 35.4 Å². The molecule has 3 heteroatoms. The molecular formula is C25H40O3. The lowest BCUT2D eigenvalue weighted by molar-refractivity contribution is -0.167. The second-order valence-corrected chi connectivity index (χ2v) is 10.7. The number of hydrogen-bond acceptors (Lipinski definition) is 3. The fourth-order valence-corrected chi connectivity index (χ4v) is 3.59. The first-order valence-electron chi connectivity index (χ1n) is 10.4. The average molecular weight is 389 g/mol. The van der Waals surface area contributed by atoms with Gasteiger partial charge >= 0.3 is 5.97 Å². The van der Waals surface area contributed by atoms with Gasteiger partial charge in [0.2, 0.25) is 0 Å². The first-order chi connectivity index (χ1) is 12.5. The van der Waals surface area contributed by atoms with E-state index in [0.717, 1.165) is 12.8 Å². The standard InChI is InChI=1S/C25H40O3/c1-17(19(3)26)15-24(7,8)21-13-11-20(12-14-21)18(2)16-25(9,10)28-22(27)23(4,5)6/h11-14,17-18H,15-16H2,1-10H3. The SMILES string of the molecule is CC(=O)C(C)CC(C)(C)c1ccc(C(C)CC(C)(C)OC(=O)C(C)(C)C)cc1.